The summed E-state index contributed by atoms with van der Waals surface area (Å²) in [5, 5.41) is 0. The SMILES string of the molecule is CCCCOC(=O)/C=C/CC(=O)OCCCC. The van der Waals surface area contributed by atoms with E-state index in [1.807, 2.05) is 13.8 Å². The average molecular weight is 242 g/mol. The van der Waals surface area contributed by atoms with Gasteiger partial charge < -0.3 is 9.47 Å². The minimum atomic E-state index is -0.403. The second-order valence-electron chi connectivity index (χ2n) is 3.70. The van der Waals surface area contributed by atoms with Gasteiger partial charge in [-0.1, -0.05) is 32.8 Å². The first-order valence-electron chi connectivity index (χ1n) is 6.19. The summed E-state index contributed by atoms with van der Waals surface area (Å²) in [6.45, 7) is 4.93. The zero-order valence-electron chi connectivity index (χ0n) is 10.7. The summed E-state index contributed by atoms with van der Waals surface area (Å²) < 4.78 is 9.81. The van der Waals surface area contributed by atoms with Gasteiger partial charge in [0.15, 0.2) is 0 Å². The van der Waals surface area contributed by atoms with Crippen molar-refractivity contribution in [2.24, 2.45) is 0 Å². The number of ether oxygens (including phenoxy) is 2. The predicted octanol–water partition coefficient (Wildman–Crippen LogP) is 2.62. The lowest BCUT2D eigenvalue weighted by Gasteiger charge is -2.01. The molecule has 0 aromatic heterocycles. The van der Waals surface area contributed by atoms with E-state index < -0.39 is 5.97 Å². The normalized spacial score (nSPS) is 10.5. The van der Waals surface area contributed by atoms with Gasteiger partial charge in [0.1, 0.15) is 0 Å². The van der Waals surface area contributed by atoms with E-state index in [2.05, 4.69) is 0 Å². The molecule has 0 rings (SSSR count). The van der Waals surface area contributed by atoms with Crippen molar-refractivity contribution in [3.05, 3.63) is 12.2 Å². The Kier molecular flexibility index (Phi) is 10.3. The Morgan fingerprint density at radius 3 is 2.18 bits per heavy atom. The van der Waals surface area contributed by atoms with Gasteiger partial charge >= 0.3 is 11.9 Å². The molecule has 0 saturated carbocycles. The molecule has 0 spiro atoms. The number of hydrogen-bond donors (Lipinski definition) is 0. The van der Waals surface area contributed by atoms with E-state index in [9.17, 15) is 9.59 Å². The average Bonchev–Trinajstić information content (AvgIpc) is 2.30. The summed E-state index contributed by atoms with van der Waals surface area (Å²) in [7, 11) is 0. The number of hydrogen-bond acceptors (Lipinski definition) is 4. The molecular formula is C13H22O4. The Labute approximate surface area is 103 Å². The molecule has 0 heterocycles. The number of esters is 2. The van der Waals surface area contributed by atoms with E-state index >= 15 is 0 Å². The second-order valence-corrected chi connectivity index (χ2v) is 3.70. The lowest BCUT2D eigenvalue weighted by Crippen LogP contribution is -2.05. The minimum absolute atomic E-state index is 0.118. The van der Waals surface area contributed by atoms with Crippen molar-refractivity contribution in [3.63, 3.8) is 0 Å². The molecule has 98 valence electrons. The highest BCUT2D eigenvalue weighted by molar-refractivity contribution is 5.83. The molecule has 0 aliphatic carbocycles. The Balaban J connectivity index is 3.56. The van der Waals surface area contributed by atoms with Crippen molar-refractivity contribution in [2.75, 3.05) is 13.2 Å². The highest BCUT2D eigenvalue weighted by atomic mass is 16.5. The maximum atomic E-state index is 11.1. The smallest absolute Gasteiger partial charge is 0.330 e. The van der Waals surface area contributed by atoms with Crippen molar-refractivity contribution in [1.82, 2.24) is 0 Å². The maximum absolute atomic E-state index is 11.1. The fourth-order valence-electron chi connectivity index (χ4n) is 1.01. The van der Waals surface area contributed by atoms with Crippen LogP contribution in [0.2, 0.25) is 0 Å². The van der Waals surface area contributed by atoms with Crippen LogP contribution < -0.4 is 0 Å². The molecule has 0 N–H and O–H groups in total. The van der Waals surface area contributed by atoms with E-state index in [0.717, 1.165) is 25.7 Å². The van der Waals surface area contributed by atoms with Crippen LogP contribution in [-0.2, 0) is 19.1 Å². The zero-order valence-corrected chi connectivity index (χ0v) is 10.7. The fraction of sp³-hybridized carbons (Fsp3) is 0.692. The summed E-state index contributed by atoms with van der Waals surface area (Å²) in [5.41, 5.74) is 0. The topological polar surface area (TPSA) is 52.6 Å². The number of unbranched alkanes of at least 4 members (excludes halogenated alkanes) is 2. The molecule has 4 heteroatoms. The van der Waals surface area contributed by atoms with E-state index in [0.29, 0.717) is 13.2 Å². The molecule has 17 heavy (non-hydrogen) atoms. The predicted molar refractivity (Wildman–Crippen MR) is 65.5 cm³/mol. The first-order chi connectivity index (χ1) is 8.20. The maximum Gasteiger partial charge on any atom is 0.330 e. The fourth-order valence-corrected chi connectivity index (χ4v) is 1.01. The molecule has 0 aromatic rings. The van der Waals surface area contributed by atoms with Gasteiger partial charge in [-0.05, 0) is 12.8 Å². The molecule has 0 atom stereocenters. The molecule has 0 aliphatic heterocycles. The molecule has 0 saturated heterocycles. The van der Waals surface area contributed by atoms with E-state index in [-0.39, 0.29) is 12.4 Å². The first kappa shape index (κ1) is 15.7. The van der Waals surface area contributed by atoms with Gasteiger partial charge in [-0.15, -0.1) is 0 Å². The Morgan fingerprint density at radius 1 is 1.00 bits per heavy atom. The van der Waals surface area contributed by atoms with Crippen LogP contribution in [0.1, 0.15) is 46.0 Å². The third kappa shape index (κ3) is 11.0. The zero-order chi connectivity index (χ0) is 12.9. The van der Waals surface area contributed by atoms with Crippen molar-refractivity contribution in [1.29, 1.82) is 0 Å². The standard InChI is InChI=1S/C13H22O4/c1-3-5-10-16-12(14)8-7-9-13(15)17-11-6-4-2/h7-8H,3-6,9-11H2,1-2H3/b8-7+. The molecule has 0 amide bonds. The molecule has 0 radical (unpaired) electrons. The monoisotopic (exact) mass is 242 g/mol. The minimum Gasteiger partial charge on any atom is -0.465 e. The molecular weight excluding hydrogens is 220 g/mol. The summed E-state index contributed by atoms with van der Waals surface area (Å²) in [5.74, 6) is -0.712. The Bertz CT molecular complexity index is 246. The first-order valence-corrected chi connectivity index (χ1v) is 6.19. The Morgan fingerprint density at radius 2 is 1.59 bits per heavy atom. The van der Waals surface area contributed by atoms with Crippen molar-refractivity contribution in [3.8, 4) is 0 Å². The van der Waals surface area contributed by atoms with Crippen LogP contribution in [0.5, 0.6) is 0 Å². The Hall–Kier alpha value is -1.32. The van der Waals surface area contributed by atoms with Crippen LogP contribution in [0.3, 0.4) is 0 Å². The van der Waals surface area contributed by atoms with Gasteiger partial charge in [-0.3, -0.25) is 4.79 Å². The number of carbonyl (C=O) groups excluding carboxylic acids is 2. The molecule has 4 nitrogen and oxygen atoms in total. The van der Waals surface area contributed by atoms with Gasteiger partial charge in [-0.2, -0.15) is 0 Å². The lowest BCUT2D eigenvalue weighted by molar-refractivity contribution is -0.142. The van der Waals surface area contributed by atoms with Crippen LogP contribution in [0.4, 0.5) is 0 Å². The van der Waals surface area contributed by atoms with Crippen LogP contribution in [0.25, 0.3) is 0 Å². The quantitative estimate of drug-likeness (QED) is 0.354. The van der Waals surface area contributed by atoms with Gasteiger partial charge in [0.25, 0.3) is 0 Å². The van der Waals surface area contributed by atoms with Crippen LogP contribution >= 0.6 is 0 Å². The van der Waals surface area contributed by atoms with Gasteiger partial charge in [0, 0.05) is 6.08 Å². The molecule has 0 aromatic carbocycles. The van der Waals surface area contributed by atoms with Crippen molar-refractivity contribution >= 4 is 11.9 Å². The molecule has 0 unspecified atom stereocenters. The van der Waals surface area contributed by atoms with Crippen molar-refractivity contribution < 1.29 is 19.1 Å². The van der Waals surface area contributed by atoms with Gasteiger partial charge in [0.05, 0.1) is 19.6 Å². The van der Waals surface area contributed by atoms with Crippen LogP contribution in [-0.4, -0.2) is 25.2 Å². The highest BCUT2D eigenvalue weighted by Crippen LogP contribution is 1.94. The molecule has 0 bridgehead atoms. The number of carbonyl (C=O) groups is 2. The third-order valence-electron chi connectivity index (χ3n) is 2.04. The third-order valence-corrected chi connectivity index (χ3v) is 2.04. The summed E-state index contributed by atoms with van der Waals surface area (Å²) in [4.78, 5) is 22.2. The van der Waals surface area contributed by atoms with E-state index in [1.165, 1.54) is 12.2 Å². The van der Waals surface area contributed by atoms with E-state index in [1.54, 1.807) is 0 Å². The van der Waals surface area contributed by atoms with Crippen molar-refractivity contribution in [2.45, 2.75) is 46.0 Å². The molecule has 0 fully saturated rings. The van der Waals surface area contributed by atoms with E-state index in [4.69, 9.17) is 9.47 Å². The largest absolute Gasteiger partial charge is 0.465 e. The second kappa shape index (κ2) is 11.2. The number of rotatable bonds is 9. The lowest BCUT2D eigenvalue weighted by atomic mass is 10.3. The van der Waals surface area contributed by atoms with Crippen LogP contribution in [0, 0.1) is 0 Å². The van der Waals surface area contributed by atoms with Crippen LogP contribution in [0.15, 0.2) is 12.2 Å². The summed E-state index contributed by atoms with van der Waals surface area (Å²) in [6.07, 6.45) is 6.58. The molecule has 0 aliphatic rings. The van der Waals surface area contributed by atoms with Gasteiger partial charge in [-0.25, -0.2) is 4.79 Å². The van der Waals surface area contributed by atoms with Gasteiger partial charge in [0.2, 0.25) is 0 Å². The highest BCUT2D eigenvalue weighted by Gasteiger charge is 2.00. The summed E-state index contributed by atoms with van der Waals surface area (Å²) in [6, 6.07) is 0. The summed E-state index contributed by atoms with van der Waals surface area (Å²) >= 11 is 0.